The maximum atomic E-state index is 12.0. The molecule has 0 unspecified atom stereocenters. The number of para-hydroxylation sites is 1. The van der Waals surface area contributed by atoms with Crippen LogP contribution in [0.5, 0.6) is 5.75 Å². The fourth-order valence-corrected chi connectivity index (χ4v) is 2.53. The van der Waals surface area contributed by atoms with Gasteiger partial charge in [-0.3, -0.25) is 4.79 Å². The van der Waals surface area contributed by atoms with Crippen LogP contribution in [0.3, 0.4) is 0 Å². The molecule has 0 amide bonds. The van der Waals surface area contributed by atoms with Crippen molar-refractivity contribution in [3.8, 4) is 5.75 Å². The number of carbonyl (C=O) groups is 1. The predicted octanol–water partition coefficient (Wildman–Crippen LogP) is 4.98. The highest BCUT2D eigenvalue weighted by atomic mass is 35.5. The maximum Gasteiger partial charge on any atom is 0.200 e. The number of rotatable bonds is 5. The Kier molecular flexibility index (Phi) is 5.35. The summed E-state index contributed by atoms with van der Waals surface area (Å²) in [6, 6.07) is 12.4. The van der Waals surface area contributed by atoms with E-state index in [9.17, 15) is 4.79 Å². The normalized spacial score (nSPS) is 10.3. The van der Waals surface area contributed by atoms with Crippen LogP contribution in [0.1, 0.15) is 10.4 Å². The Morgan fingerprint density at radius 3 is 2.25 bits per heavy atom. The number of Topliss-reactive ketones (excluding diaryl/α,β-unsaturated/α-hetero) is 1. The molecule has 0 aliphatic heterocycles. The molecule has 0 bridgehead atoms. The van der Waals surface area contributed by atoms with E-state index in [0.29, 0.717) is 21.4 Å². The number of benzene rings is 2. The fourth-order valence-electron chi connectivity index (χ4n) is 1.62. The fraction of sp³-hybridized carbons (Fsp3) is 0.133. The Morgan fingerprint density at radius 2 is 1.70 bits per heavy atom. The van der Waals surface area contributed by atoms with Gasteiger partial charge in [0.25, 0.3) is 0 Å². The van der Waals surface area contributed by atoms with Gasteiger partial charge in [-0.25, -0.2) is 0 Å². The zero-order valence-electron chi connectivity index (χ0n) is 10.7. The molecule has 0 fully saturated rings. The van der Waals surface area contributed by atoms with Crippen molar-refractivity contribution in [1.29, 1.82) is 0 Å². The summed E-state index contributed by atoms with van der Waals surface area (Å²) in [4.78, 5) is 13.1. The summed E-state index contributed by atoms with van der Waals surface area (Å²) in [6.45, 7) is -0.0952. The minimum Gasteiger partial charge on any atom is -0.482 e. The van der Waals surface area contributed by atoms with Crippen LogP contribution in [0.4, 0.5) is 0 Å². The van der Waals surface area contributed by atoms with E-state index >= 15 is 0 Å². The monoisotopic (exact) mass is 326 g/mol. The SMILES string of the molecule is CSc1ccc(C(=O)COc2c(Cl)cccc2Cl)cc1. The molecule has 20 heavy (non-hydrogen) atoms. The predicted molar refractivity (Wildman–Crippen MR) is 84.5 cm³/mol. The van der Waals surface area contributed by atoms with Gasteiger partial charge in [0.1, 0.15) is 0 Å². The van der Waals surface area contributed by atoms with Crippen molar-refractivity contribution in [2.45, 2.75) is 4.90 Å². The Balaban J connectivity index is 2.04. The van der Waals surface area contributed by atoms with Crippen LogP contribution in [-0.2, 0) is 0 Å². The molecule has 2 aromatic carbocycles. The molecule has 0 spiro atoms. The number of ketones is 1. The molecule has 0 radical (unpaired) electrons. The summed E-state index contributed by atoms with van der Waals surface area (Å²) < 4.78 is 5.42. The Hall–Kier alpha value is -1.16. The molecule has 104 valence electrons. The van der Waals surface area contributed by atoms with Gasteiger partial charge in [0.05, 0.1) is 10.0 Å². The molecule has 5 heteroatoms. The molecule has 0 atom stereocenters. The molecular weight excluding hydrogens is 315 g/mol. The van der Waals surface area contributed by atoms with Gasteiger partial charge < -0.3 is 4.74 Å². The van der Waals surface area contributed by atoms with Crippen LogP contribution in [0.15, 0.2) is 47.4 Å². The lowest BCUT2D eigenvalue weighted by Gasteiger charge is -2.09. The van der Waals surface area contributed by atoms with Crippen molar-refractivity contribution in [3.63, 3.8) is 0 Å². The van der Waals surface area contributed by atoms with E-state index in [4.69, 9.17) is 27.9 Å². The molecule has 0 saturated heterocycles. The van der Waals surface area contributed by atoms with Crippen molar-refractivity contribution in [1.82, 2.24) is 0 Å². The Labute approximate surface area is 132 Å². The van der Waals surface area contributed by atoms with E-state index in [0.717, 1.165) is 4.90 Å². The zero-order valence-corrected chi connectivity index (χ0v) is 13.1. The molecule has 2 rings (SSSR count). The van der Waals surface area contributed by atoms with Gasteiger partial charge in [0.2, 0.25) is 0 Å². The molecule has 0 N–H and O–H groups in total. The van der Waals surface area contributed by atoms with Crippen LogP contribution in [0.2, 0.25) is 10.0 Å². The van der Waals surface area contributed by atoms with Gasteiger partial charge in [0, 0.05) is 10.5 Å². The lowest BCUT2D eigenvalue weighted by Crippen LogP contribution is -2.11. The van der Waals surface area contributed by atoms with Crippen molar-refractivity contribution < 1.29 is 9.53 Å². The number of ether oxygens (including phenoxy) is 1. The number of halogens is 2. The molecule has 0 saturated carbocycles. The average Bonchev–Trinajstić information content (AvgIpc) is 2.46. The summed E-state index contributed by atoms with van der Waals surface area (Å²) in [5, 5.41) is 0.783. The minimum absolute atomic E-state index is 0.0952. The first-order valence-electron chi connectivity index (χ1n) is 5.86. The highest BCUT2D eigenvalue weighted by molar-refractivity contribution is 7.98. The third kappa shape index (κ3) is 3.69. The van der Waals surface area contributed by atoms with E-state index in [-0.39, 0.29) is 12.4 Å². The quantitative estimate of drug-likeness (QED) is 0.572. The molecule has 0 aromatic heterocycles. The van der Waals surface area contributed by atoms with Crippen LogP contribution in [-0.4, -0.2) is 18.6 Å². The third-order valence-corrected chi connectivity index (χ3v) is 4.02. The molecule has 0 aliphatic rings. The second-order valence-corrected chi connectivity index (χ2v) is 5.69. The standard InChI is InChI=1S/C15H12Cl2O2S/c1-20-11-7-5-10(6-8-11)14(18)9-19-15-12(16)3-2-4-13(15)17/h2-8H,9H2,1H3. The largest absolute Gasteiger partial charge is 0.482 e. The molecule has 2 aromatic rings. The van der Waals surface area contributed by atoms with Crippen LogP contribution < -0.4 is 4.74 Å². The molecule has 0 heterocycles. The molecular formula is C15H12Cl2O2S. The summed E-state index contributed by atoms with van der Waals surface area (Å²) >= 11 is 13.6. The van der Waals surface area contributed by atoms with Crippen molar-refractivity contribution in [2.75, 3.05) is 12.9 Å². The number of thioether (sulfide) groups is 1. The number of carbonyl (C=O) groups excluding carboxylic acids is 1. The summed E-state index contributed by atoms with van der Waals surface area (Å²) in [6.07, 6.45) is 1.99. The van der Waals surface area contributed by atoms with E-state index < -0.39 is 0 Å². The van der Waals surface area contributed by atoms with Gasteiger partial charge >= 0.3 is 0 Å². The lowest BCUT2D eigenvalue weighted by atomic mass is 10.1. The van der Waals surface area contributed by atoms with Crippen LogP contribution in [0, 0.1) is 0 Å². The average molecular weight is 327 g/mol. The first kappa shape index (κ1) is 15.2. The van der Waals surface area contributed by atoms with Crippen molar-refractivity contribution >= 4 is 40.7 Å². The molecule has 2 nitrogen and oxygen atoms in total. The minimum atomic E-state index is -0.117. The number of hydrogen-bond donors (Lipinski definition) is 0. The van der Waals surface area contributed by atoms with Gasteiger partial charge in [-0.2, -0.15) is 0 Å². The zero-order chi connectivity index (χ0) is 14.5. The van der Waals surface area contributed by atoms with Gasteiger partial charge in [-0.1, -0.05) is 41.4 Å². The lowest BCUT2D eigenvalue weighted by molar-refractivity contribution is 0.0921. The summed E-state index contributed by atoms with van der Waals surface area (Å²) in [5.41, 5.74) is 0.603. The number of hydrogen-bond acceptors (Lipinski definition) is 3. The van der Waals surface area contributed by atoms with Crippen LogP contribution in [0.25, 0.3) is 0 Å². The molecule has 0 aliphatic carbocycles. The second-order valence-electron chi connectivity index (χ2n) is 3.99. The maximum absolute atomic E-state index is 12.0. The smallest absolute Gasteiger partial charge is 0.200 e. The van der Waals surface area contributed by atoms with Gasteiger partial charge in [-0.15, -0.1) is 11.8 Å². The topological polar surface area (TPSA) is 26.3 Å². The highest BCUT2D eigenvalue weighted by Gasteiger charge is 2.11. The van der Waals surface area contributed by atoms with Gasteiger partial charge in [0.15, 0.2) is 18.1 Å². The van der Waals surface area contributed by atoms with Crippen molar-refractivity contribution in [3.05, 3.63) is 58.1 Å². The van der Waals surface area contributed by atoms with Gasteiger partial charge in [-0.05, 0) is 30.5 Å². The van der Waals surface area contributed by atoms with E-state index in [1.165, 1.54) is 0 Å². The summed E-state index contributed by atoms with van der Waals surface area (Å²) in [7, 11) is 0. The second kappa shape index (κ2) is 7.02. The Bertz CT molecular complexity index is 592. The van der Waals surface area contributed by atoms with Crippen molar-refractivity contribution in [2.24, 2.45) is 0 Å². The summed E-state index contributed by atoms with van der Waals surface area (Å²) in [5.74, 6) is 0.221. The Morgan fingerprint density at radius 1 is 1.10 bits per heavy atom. The first-order valence-corrected chi connectivity index (χ1v) is 7.84. The first-order chi connectivity index (χ1) is 9.61. The third-order valence-electron chi connectivity index (χ3n) is 2.68. The van der Waals surface area contributed by atoms with E-state index in [1.54, 1.807) is 42.1 Å². The van der Waals surface area contributed by atoms with E-state index in [1.807, 2.05) is 18.4 Å². The van der Waals surface area contributed by atoms with Crippen LogP contribution >= 0.6 is 35.0 Å². The van der Waals surface area contributed by atoms with E-state index in [2.05, 4.69) is 0 Å². The highest BCUT2D eigenvalue weighted by Crippen LogP contribution is 2.32.